The molecule has 1 heterocycles. The summed E-state index contributed by atoms with van der Waals surface area (Å²) in [7, 11) is 0. The van der Waals surface area contributed by atoms with Crippen LogP contribution in [0.3, 0.4) is 0 Å². The minimum absolute atomic E-state index is 0.0652. The van der Waals surface area contributed by atoms with Crippen LogP contribution in [0.4, 0.5) is 5.69 Å². The predicted octanol–water partition coefficient (Wildman–Crippen LogP) is 3.30. The molecule has 21 heavy (non-hydrogen) atoms. The molecule has 1 aromatic carbocycles. The Morgan fingerprint density at radius 3 is 2.05 bits per heavy atom. The van der Waals surface area contributed by atoms with Gasteiger partial charge in [0.25, 0.3) is 0 Å². The zero-order valence-electron chi connectivity index (χ0n) is 13.8. The van der Waals surface area contributed by atoms with Crippen molar-refractivity contribution < 1.29 is 4.79 Å². The second-order valence-electron chi connectivity index (χ2n) is 6.75. The van der Waals surface area contributed by atoms with Crippen LogP contribution in [0, 0.1) is 11.8 Å². The first-order chi connectivity index (χ1) is 9.97. The highest BCUT2D eigenvalue weighted by Crippen LogP contribution is 2.19. The number of rotatable bonds is 5. The SMILES string of the molecule is CC(C)CN1CCN(c2ccc(C(=O)C(C)C)cc2)CC1. The van der Waals surface area contributed by atoms with Gasteiger partial charge >= 0.3 is 0 Å². The van der Waals surface area contributed by atoms with Gasteiger partial charge in [-0.2, -0.15) is 0 Å². The molecule has 116 valence electrons. The number of piperazine rings is 1. The maximum absolute atomic E-state index is 12.0. The van der Waals surface area contributed by atoms with Crippen LogP contribution in [0.5, 0.6) is 0 Å². The minimum Gasteiger partial charge on any atom is -0.369 e. The first kappa shape index (κ1) is 16.0. The molecular formula is C18H28N2O. The average molecular weight is 288 g/mol. The summed E-state index contributed by atoms with van der Waals surface area (Å²) in [6.07, 6.45) is 0. The standard InChI is InChI=1S/C18H28N2O/c1-14(2)13-19-9-11-20(12-10-19)17-7-5-16(6-8-17)18(21)15(3)4/h5-8,14-15H,9-13H2,1-4H3. The van der Waals surface area contributed by atoms with Gasteiger partial charge in [-0.05, 0) is 30.2 Å². The highest BCUT2D eigenvalue weighted by Gasteiger charge is 2.18. The lowest BCUT2D eigenvalue weighted by molar-refractivity contribution is 0.0939. The summed E-state index contributed by atoms with van der Waals surface area (Å²) in [5.41, 5.74) is 2.06. The van der Waals surface area contributed by atoms with Crippen molar-refractivity contribution >= 4 is 11.5 Å². The molecule has 0 aliphatic carbocycles. The van der Waals surface area contributed by atoms with E-state index >= 15 is 0 Å². The van der Waals surface area contributed by atoms with Crippen LogP contribution in [-0.2, 0) is 0 Å². The third-order valence-electron chi connectivity index (χ3n) is 4.04. The van der Waals surface area contributed by atoms with E-state index in [0.29, 0.717) is 0 Å². The molecule has 1 aliphatic heterocycles. The van der Waals surface area contributed by atoms with Crippen molar-refractivity contribution in [2.24, 2.45) is 11.8 Å². The Bertz CT molecular complexity index is 457. The van der Waals surface area contributed by atoms with E-state index in [9.17, 15) is 4.79 Å². The van der Waals surface area contributed by atoms with E-state index in [4.69, 9.17) is 0 Å². The van der Waals surface area contributed by atoms with E-state index < -0.39 is 0 Å². The number of nitrogens with zero attached hydrogens (tertiary/aromatic N) is 2. The van der Waals surface area contributed by atoms with Crippen LogP contribution in [0.25, 0.3) is 0 Å². The predicted molar refractivity (Wildman–Crippen MR) is 89.1 cm³/mol. The van der Waals surface area contributed by atoms with Gasteiger partial charge in [0.05, 0.1) is 0 Å². The lowest BCUT2D eigenvalue weighted by Crippen LogP contribution is -2.47. The fraction of sp³-hybridized carbons (Fsp3) is 0.611. The molecule has 3 heteroatoms. The molecule has 1 aromatic rings. The second kappa shape index (κ2) is 7.08. The number of anilines is 1. The number of Topliss-reactive ketones (excluding diaryl/α,β-unsaturated/α-hetero) is 1. The summed E-state index contributed by atoms with van der Waals surface area (Å²) in [5, 5.41) is 0. The minimum atomic E-state index is 0.0652. The average Bonchev–Trinajstić information content (AvgIpc) is 2.47. The highest BCUT2D eigenvalue weighted by atomic mass is 16.1. The number of ketones is 1. The molecule has 3 nitrogen and oxygen atoms in total. The summed E-state index contributed by atoms with van der Waals surface area (Å²) in [5.74, 6) is 1.02. The Kier molecular flexibility index (Phi) is 5.40. The summed E-state index contributed by atoms with van der Waals surface area (Å²) in [6.45, 7) is 14.0. The number of hydrogen-bond donors (Lipinski definition) is 0. The van der Waals surface area contributed by atoms with E-state index in [1.165, 1.54) is 12.2 Å². The normalized spacial score (nSPS) is 16.8. The molecule has 0 spiro atoms. The van der Waals surface area contributed by atoms with Crippen LogP contribution in [0.1, 0.15) is 38.1 Å². The fourth-order valence-corrected chi connectivity index (χ4v) is 2.87. The molecule has 0 bridgehead atoms. The number of hydrogen-bond acceptors (Lipinski definition) is 3. The van der Waals surface area contributed by atoms with Crippen LogP contribution < -0.4 is 4.90 Å². The molecule has 2 rings (SSSR count). The lowest BCUT2D eigenvalue weighted by atomic mass is 10.0. The van der Waals surface area contributed by atoms with Crippen molar-refractivity contribution in [2.45, 2.75) is 27.7 Å². The zero-order chi connectivity index (χ0) is 15.4. The van der Waals surface area contributed by atoms with Gasteiger partial charge in [-0.3, -0.25) is 9.69 Å². The molecule has 0 N–H and O–H groups in total. The molecule has 0 radical (unpaired) electrons. The molecule has 0 atom stereocenters. The maximum atomic E-state index is 12.0. The fourth-order valence-electron chi connectivity index (χ4n) is 2.87. The van der Waals surface area contributed by atoms with Gasteiger partial charge in [-0.25, -0.2) is 0 Å². The highest BCUT2D eigenvalue weighted by molar-refractivity contribution is 5.97. The van der Waals surface area contributed by atoms with Crippen molar-refractivity contribution in [3.63, 3.8) is 0 Å². The summed E-state index contributed by atoms with van der Waals surface area (Å²) in [4.78, 5) is 16.9. The van der Waals surface area contributed by atoms with E-state index in [2.05, 4.69) is 35.8 Å². The van der Waals surface area contributed by atoms with Gasteiger partial charge in [0.1, 0.15) is 0 Å². The molecule has 1 fully saturated rings. The topological polar surface area (TPSA) is 23.6 Å². The third-order valence-corrected chi connectivity index (χ3v) is 4.04. The number of benzene rings is 1. The van der Waals surface area contributed by atoms with Crippen molar-refractivity contribution in [1.82, 2.24) is 4.90 Å². The van der Waals surface area contributed by atoms with Crippen molar-refractivity contribution in [3.05, 3.63) is 29.8 Å². The quantitative estimate of drug-likeness (QED) is 0.777. The van der Waals surface area contributed by atoms with E-state index in [1.807, 2.05) is 26.0 Å². The molecule has 0 unspecified atom stereocenters. The Balaban J connectivity index is 1.93. The van der Waals surface area contributed by atoms with Crippen LogP contribution in [0.15, 0.2) is 24.3 Å². The Morgan fingerprint density at radius 2 is 1.57 bits per heavy atom. The van der Waals surface area contributed by atoms with Crippen molar-refractivity contribution in [2.75, 3.05) is 37.6 Å². The molecule has 1 saturated heterocycles. The molecular weight excluding hydrogens is 260 g/mol. The van der Waals surface area contributed by atoms with E-state index in [-0.39, 0.29) is 11.7 Å². The van der Waals surface area contributed by atoms with Crippen LogP contribution in [-0.4, -0.2) is 43.4 Å². The van der Waals surface area contributed by atoms with Gasteiger partial charge in [0, 0.05) is 49.9 Å². The summed E-state index contributed by atoms with van der Waals surface area (Å²) < 4.78 is 0. The van der Waals surface area contributed by atoms with Gasteiger partial charge in [-0.15, -0.1) is 0 Å². The van der Waals surface area contributed by atoms with Gasteiger partial charge in [-0.1, -0.05) is 27.7 Å². The Labute approximate surface area is 128 Å². The summed E-state index contributed by atoms with van der Waals surface area (Å²) in [6, 6.07) is 8.12. The van der Waals surface area contributed by atoms with Gasteiger partial charge in [0.15, 0.2) is 5.78 Å². The number of carbonyl (C=O) groups is 1. The van der Waals surface area contributed by atoms with Gasteiger partial charge in [0.2, 0.25) is 0 Å². The Morgan fingerprint density at radius 1 is 1.00 bits per heavy atom. The van der Waals surface area contributed by atoms with Crippen LogP contribution in [0.2, 0.25) is 0 Å². The van der Waals surface area contributed by atoms with Crippen molar-refractivity contribution in [1.29, 1.82) is 0 Å². The van der Waals surface area contributed by atoms with Crippen molar-refractivity contribution in [3.8, 4) is 0 Å². The summed E-state index contributed by atoms with van der Waals surface area (Å²) >= 11 is 0. The Hall–Kier alpha value is -1.35. The largest absolute Gasteiger partial charge is 0.369 e. The molecule has 1 aliphatic rings. The first-order valence-corrected chi connectivity index (χ1v) is 8.09. The first-order valence-electron chi connectivity index (χ1n) is 8.09. The lowest BCUT2D eigenvalue weighted by Gasteiger charge is -2.36. The molecule has 0 saturated carbocycles. The van der Waals surface area contributed by atoms with Gasteiger partial charge < -0.3 is 4.90 Å². The van der Waals surface area contributed by atoms with E-state index in [1.54, 1.807) is 0 Å². The second-order valence-corrected chi connectivity index (χ2v) is 6.75. The zero-order valence-corrected chi connectivity index (χ0v) is 13.8. The third kappa shape index (κ3) is 4.31. The smallest absolute Gasteiger partial charge is 0.165 e. The van der Waals surface area contributed by atoms with Crippen LogP contribution >= 0.6 is 0 Å². The molecule has 0 aromatic heterocycles. The van der Waals surface area contributed by atoms with E-state index in [0.717, 1.165) is 37.7 Å². The molecule has 0 amide bonds. The maximum Gasteiger partial charge on any atom is 0.165 e. The monoisotopic (exact) mass is 288 g/mol. The number of carbonyl (C=O) groups excluding carboxylic acids is 1.